The van der Waals surface area contributed by atoms with Crippen LogP contribution in [0.2, 0.25) is 0 Å². The van der Waals surface area contributed by atoms with Gasteiger partial charge in [-0.15, -0.1) is 11.3 Å². The summed E-state index contributed by atoms with van der Waals surface area (Å²) >= 11 is 1.39. The monoisotopic (exact) mass is 462 g/mol. The number of nitrogens with one attached hydrogen (secondary N) is 1. The van der Waals surface area contributed by atoms with Gasteiger partial charge in [-0.2, -0.15) is 23.4 Å². The molecule has 0 bridgehead atoms. The van der Waals surface area contributed by atoms with E-state index < -0.39 is 17.8 Å². The normalized spacial score (nSPS) is 12.0. The minimum atomic E-state index is -4.67. The van der Waals surface area contributed by atoms with Crippen molar-refractivity contribution in [3.8, 4) is 10.6 Å². The second-order valence-electron chi connectivity index (χ2n) is 7.26. The minimum Gasteiger partial charge on any atom is -0.317 e. The predicted octanol–water partition coefficient (Wildman–Crippen LogP) is 5.12. The third kappa shape index (κ3) is 3.88. The summed E-state index contributed by atoms with van der Waals surface area (Å²) in [5.41, 5.74) is 0.869. The van der Waals surface area contributed by atoms with Gasteiger partial charge in [0.05, 0.1) is 27.6 Å². The molecule has 11 heteroatoms. The molecule has 168 valence electrons. The molecular weight excluding hydrogens is 441 g/mol. The molecule has 0 saturated carbocycles. The number of aromatic nitrogens is 5. The Morgan fingerprint density at radius 2 is 1.91 bits per heavy atom. The number of anilines is 1. The smallest absolute Gasteiger partial charge is 0.317 e. The zero-order chi connectivity index (χ0) is 23.2. The van der Waals surface area contributed by atoms with Crippen LogP contribution in [-0.4, -0.2) is 30.3 Å². The lowest BCUT2D eigenvalue weighted by molar-refractivity contribution is -0.142. The molecule has 1 amide bonds. The number of fused-ring (bicyclic) bond motifs is 1. The molecule has 0 aromatic carbocycles. The number of carbonyl (C=O) groups excluding carboxylic acids is 1. The van der Waals surface area contributed by atoms with Crippen molar-refractivity contribution in [3.05, 3.63) is 51.9 Å². The molecule has 0 aliphatic rings. The number of halogens is 3. The van der Waals surface area contributed by atoms with E-state index in [1.807, 2.05) is 26.8 Å². The molecule has 0 aliphatic carbocycles. The Hall–Kier alpha value is -3.21. The van der Waals surface area contributed by atoms with Crippen LogP contribution in [0.1, 0.15) is 46.3 Å². The van der Waals surface area contributed by atoms with Crippen molar-refractivity contribution in [1.29, 1.82) is 0 Å². The lowest BCUT2D eigenvalue weighted by Gasteiger charge is -2.10. The lowest BCUT2D eigenvalue weighted by Crippen LogP contribution is -2.16. The molecule has 4 aromatic rings. The molecular formula is C21H21F3N6OS. The van der Waals surface area contributed by atoms with Gasteiger partial charge in [0.25, 0.3) is 5.91 Å². The van der Waals surface area contributed by atoms with E-state index in [4.69, 9.17) is 0 Å². The maximum atomic E-state index is 13.8. The highest BCUT2D eigenvalue weighted by Gasteiger charge is 2.36. The van der Waals surface area contributed by atoms with Crippen molar-refractivity contribution in [2.45, 2.75) is 46.8 Å². The summed E-state index contributed by atoms with van der Waals surface area (Å²) in [6.07, 6.45) is -3.89. The van der Waals surface area contributed by atoms with E-state index in [1.165, 1.54) is 17.4 Å². The number of carbonyl (C=O) groups is 1. The van der Waals surface area contributed by atoms with Crippen LogP contribution in [-0.2, 0) is 19.1 Å². The molecule has 0 fully saturated rings. The summed E-state index contributed by atoms with van der Waals surface area (Å²) in [5, 5.41) is 11.0. The zero-order valence-corrected chi connectivity index (χ0v) is 18.7. The number of rotatable bonds is 5. The van der Waals surface area contributed by atoms with E-state index in [2.05, 4.69) is 20.5 Å². The molecule has 7 nitrogen and oxygen atoms in total. The first kappa shape index (κ1) is 22.0. The lowest BCUT2D eigenvalue weighted by atomic mass is 10.2. The van der Waals surface area contributed by atoms with E-state index in [9.17, 15) is 18.0 Å². The highest BCUT2D eigenvalue weighted by atomic mass is 32.1. The van der Waals surface area contributed by atoms with Crippen molar-refractivity contribution >= 4 is 28.6 Å². The highest BCUT2D eigenvalue weighted by molar-refractivity contribution is 7.15. The SMILES string of the molecule is CCc1ccc(-c2cc(C(F)(F)F)n3nc(C(=O)Nc4c(C)nn(CC)c4C)cc3n2)s1. The van der Waals surface area contributed by atoms with Crippen LogP contribution in [0.3, 0.4) is 0 Å². The van der Waals surface area contributed by atoms with Crippen molar-refractivity contribution in [3.63, 3.8) is 0 Å². The summed E-state index contributed by atoms with van der Waals surface area (Å²) in [6, 6.07) is 5.85. The minimum absolute atomic E-state index is 0.0517. The molecule has 0 radical (unpaired) electrons. The molecule has 0 spiro atoms. The number of hydrogen-bond donors (Lipinski definition) is 1. The van der Waals surface area contributed by atoms with Gasteiger partial charge >= 0.3 is 6.18 Å². The van der Waals surface area contributed by atoms with Crippen LogP contribution in [0, 0.1) is 13.8 Å². The molecule has 4 rings (SSSR count). The zero-order valence-electron chi connectivity index (χ0n) is 17.9. The van der Waals surface area contributed by atoms with Gasteiger partial charge in [0.2, 0.25) is 0 Å². The fraction of sp³-hybridized carbons (Fsp3) is 0.333. The first-order valence-corrected chi connectivity index (χ1v) is 10.9. The fourth-order valence-corrected chi connectivity index (χ4v) is 4.39. The Labute approximate surface area is 185 Å². The summed E-state index contributed by atoms with van der Waals surface area (Å²) in [7, 11) is 0. The second kappa shape index (κ2) is 8.05. The molecule has 0 aliphatic heterocycles. The Morgan fingerprint density at radius 3 is 2.50 bits per heavy atom. The topological polar surface area (TPSA) is 77.1 Å². The summed E-state index contributed by atoms with van der Waals surface area (Å²) < 4.78 is 43.8. The quantitative estimate of drug-likeness (QED) is 0.446. The maximum absolute atomic E-state index is 13.8. The summed E-state index contributed by atoms with van der Waals surface area (Å²) in [4.78, 5) is 18.8. The number of amides is 1. The average molecular weight is 463 g/mol. The molecule has 0 saturated heterocycles. The first-order chi connectivity index (χ1) is 15.1. The highest BCUT2D eigenvalue weighted by Crippen LogP contribution is 2.34. The predicted molar refractivity (Wildman–Crippen MR) is 116 cm³/mol. The second-order valence-corrected chi connectivity index (χ2v) is 8.43. The van der Waals surface area contributed by atoms with E-state index in [-0.39, 0.29) is 17.0 Å². The van der Waals surface area contributed by atoms with Crippen molar-refractivity contribution in [2.75, 3.05) is 5.32 Å². The molecule has 0 unspecified atom stereocenters. The van der Waals surface area contributed by atoms with E-state index in [0.717, 1.165) is 23.1 Å². The van der Waals surface area contributed by atoms with Gasteiger partial charge in [0, 0.05) is 17.5 Å². The first-order valence-electron chi connectivity index (χ1n) is 10.0. The molecule has 32 heavy (non-hydrogen) atoms. The Kier molecular flexibility index (Phi) is 5.53. The number of alkyl halides is 3. The van der Waals surface area contributed by atoms with Gasteiger partial charge < -0.3 is 5.32 Å². The van der Waals surface area contributed by atoms with Gasteiger partial charge in [-0.05, 0) is 45.4 Å². The maximum Gasteiger partial charge on any atom is 0.433 e. The standard InChI is InChI=1S/C21H21F3N6OS/c1-5-13-7-8-16(32-13)14-9-17(21(22,23)24)30-18(25-14)10-15(28-30)20(31)26-19-11(3)27-29(6-2)12(19)4/h7-10H,5-6H2,1-4H3,(H,26,31). The van der Waals surface area contributed by atoms with Crippen LogP contribution < -0.4 is 5.32 Å². The van der Waals surface area contributed by atoms with Gasteiger partial charge in [0.15, 0.2) is 17.0 Å². The van der Waals surface area contributed by atoms with Crippen LogP contribution in [0.15, 0.2) is 24.3 Å². The summed E-state index contributed by atoms with van der Waals surface area (Å²) in [6.45, 7) is 8.08. The molecule has 4 heterocycles. The number of thiophene rings is 1. The van der Waals surface area contributed by atoms with Crippen molar-refractivity contribution in [1.82, 2.24) is 24.4 Å². The van der Waals surface area contributed by atoms with Gasteiger partial charge in [-0.1, -0.05) is 6.92 Å². The molecule has 4 aromatic heterocycles. The van der Waals surface area contributed by atoms with E-state index in [0.29, 0.717) is 27.3 Å². The Bertz CT molecular complexity index is 1320. The van der Waals surface area contributed by atoms with Gasteiger partial charge in [0.1, 0.15) is 0 Å². The van der Waals surface area contributed by atoms with Crippen LogP contribution in [0.4, 0.5) is 18.9 Å². The Morgan fingerprint density at radius 1 is 1.16 bits per heavy atom. The molecule has 0 atom stereocenters. The van der Waals surface area contributed by atoms with Crippen molar-refractivity contribution < 1.29 is 18.0 Å². The average Bonchev–Trinajstić information content (AvgIpc) is 3.45. The van der Waals surface area contributed by atoms with Crippen molar-refractivity contribution in [2.24, 2.45) is 0 Å². The van der Waals surface area contributed by atoms with E-state index >= 15 is 0 Å². The third-order valence-electron chi connectivity index (χ3n) is 5.13. The van der Waals surface area contributed by atoms with Crippen LogP contribution >= 0.6 is 11.3 Å². The number of hydrogen-bond acceptors (Lipinski definition) is 5. The molecule has 1 N–H and O–H groups in total. The van der Waals surface area contributed by atoms with Gasteiger partial charge in [-0.25, -0.2) is 9.50 Å². The van der Waals surface area contributed by atoms with Crippen LogP contribution in [0.5, 0.6) is 0 Å². The summed E-state index contributed by atoms with van der Waals surface area (Å²) in [5.74, 6) is -0.628. The largest absolute Gasteiger partial charge is 0.433 e. The number of aryl methyl sites for hydroxylation is 3. The van der Waals surface area contributed by atoms with Crippen LogP contribution in [0.25, 0.3) is 16.2 Å². The fourth-order valence-electron chi connectivity index (χ4n) is 3.48. The third-order valence-corrected chi connectivity index (χ3v) is 6.38. The number of nitrogens with zero attached hydrogens (tertiary/aromatic N) is 5. The van der Waals surface area contributed by atoms with Gasteiger partial charge in [-0.3, -0.25) is 9.48 Å². The Balaban J connectivity index is 1.77. The van der Waals surface area contributed by atoms with E-state index in [1.54, 1.807) is 17.7 Å².